The molecule has 1 aliphatic heterocycles. The van der Waals surface area contributed by atoms with Crippen LogP contribution in [-0.4, -0.2) is 37.9 Å². The Morgan fingerprint density at radius 2 is 1.85 bits per heavy atom. The molecule has 1 aliphatic rings. The van der Waals surface area contributed by atoms with Crippen molar-refractivity contribution in [1.29, 1.82) is 0 Å². The molecule has 1 aromatic carbocycles. The first kappa shape index (κ1) is 14.7. The fraction of sp³-hybridized carbons (Fsp3) is 0.467. The van der Waals surface area contributed by atoms with Gasteiger partial charge in [0.05, 0.1) is 18.8 Å². The van der Waals surface area contributed by atoms with Crippen LogP contribution < -0.4 is 0 Å². The number of rotatable bonds is 4. The van der Waals surface area contributed by atoms with E-state index in [1.807, 2.05) is 13.8 Å². The Morgan fingerprint density at radius 1 is 1.25 bits per heavy atom. The molecule has 1 fully saturated rings. The maximum absolute atomic E-state index is 11.9. The highest BCUT2D eigenvalue weighted by Crippen LogP contribution is 2.16. The molecule has 1 saturated heterocycles. The van der Waals surface area contributed by atoms with Crippen LogP contribution in [0.2, 0.25) is 0 Å². The zero-order chi connectivity index (χ0) is 14.5. The number of ether oxygens (including phenoxy) is 3. The Labute approximate surface area is 117 Å². The molecule has 0 aliphatic carbocycles. The maximum Gasteiger partial charge on any atom is 0.338 e. The molecule has 0 atom stereocenters. The highest BCUT2D eigenvalue weighted by Gasteiger charge is 2.27. The Bertz CT molecular complexity index is 458. The average molecular weight is 278 g/mol. The quantitative estimate of drug-likeness (QED) is 0.623. The zero-order valence-corrected chi connectivity index (χ0v) is 11.6. The molecular weight excluding hydrogens is 260 g/mol. The summed E-state index contributed by atoms with van der Waals surface area (Å²) in [5, 5.41) is 0. The molecular formula is C15H18O5. The van der Waals surface area contributed by atoms with E-state index in [9.17, 15) is 9.59 Å². The molecule has 2 rings (SSSR count). The third-order valence-electron chi connectivity index (χ3n) is 2.99. The van der Waals surface area contributed by atoms with Crippen LogP contribution in [0.1, 0.15) is 34.6 Å². The summed E-state index contributed by atoms with van der Waals surface area (Å²) < 4.78 is 16.3. The molecule has 1 aromatic rings. The minimum atomic E-state index is -0.442. The van der Waals surface area contributed by atoms with Crippen molar-refractivity contribution in [1.82, 2.24) is 0 Å². The van der Waals surface area contributed by atoms with Gasteiger partial charge in [0.25, 0.3) is 0 Å². The highest BCUT2D eigenvalue weighted by molar-refractivity contribution is 5.90. The van der Waals surface area contributed by atoms with Crippen molar-refractivity contribution >= 4 is 12.3 Å². The molecule has 0 amide bonds. The molecule has 20 heavy (non-hydrogen) atoms. The molecule has 0 N–H and O–H groups in total. The van der Waals surface area contributed by atoms with Crippen molar-refractivity contribution in [3.8, 4) is 0 Å². The van der Waals surface area contributed by atoms with Crippen molar-refractivity contribution in [2.24, 2.45) is 5.92 Å². The predicted molar refractivity (Wildman–Crippen MR) is 71.6 cm³/mol. The Morgan fingerprint density at radius 3 is 2.35 bits per heavy atom. The van der Waals surface area contributed by atoms with Gasteiger partial charge in [0.1, 0.15) is 12.4 Å². The summed E-state index contributed by atoms with van der Waals surface area (Å²) in [7, 11) is 0. The van der Waals surface area contributed by atoms with Gasteiger partial charge >= 0.3 is 5.97 Å². The van der Waals surface area contributed by atoms with Crippen LogP contribution in [0.3, 0.4) is 0 Å². The normalized spacial score (nSPS) is 22.6. The summed E-state index contributed by atoms with van der Waals surface area (Å²) >= 11 is 0. The first-order valence-electron chi connectivity index (χ1n) is 6.59. The maximum atomic E-state index is 11.9. The number of hydrogen-bond donors (Lipinski definition) is 0. The van der Waals surface area contributed by atoms with Crippen LogP contribution in [0.25, 0.3) is 0 Å². The van der Waals surface area contributed by atoms with Crippen LogP contribution in [0.4, 0.5) is 0 Å². The molecule has 0 aromatic heterocycles. The number of hydrogen-bond acceptors (Lipinski definition) is 5. The number of carbonyl (C=O) groups excluding carboxylic acids is 2. The van der Waals surface area contributed by atoms with E-state index in [1.165, 1.54) is 0 Å². The Balaban J connectivity index is 1.87. The van der Waals surface area contributed by atoms with Crippen molar-refractivity contribution < 1.29 is 23.8 Å². The minimum Gasteiger partial charge on any atom is -0.454 e. The summed E-state index contributed by atoms with van der Waals surface area (Å²) in [6.45, 7) is 4.68. The van der Waals surface area contributed by atoms with Gasteiger partial charge in [-0.2, -0.15) is 0 Å². The van der Waals surface area contributed by atoms with Gasteiger partial charge in [0, 0.05) is 11.5 Å². The van der Waals surface area contributed by atoms with Gasteiger partial charge in [-0.25, -0.2) is 4.79 Å². The van der Waals surface area contributed by atoms with E-state index in [4.69, 9.17) is 14.2 Å². The fourth-order valence-electron chi connectivity index (χ4n) is 1.87. The van der Waals surface area contributed by atoms with Crippen molar-refractivity contribution in [3.63, 3.8) is 0 Å². The Kier molecular flexibility index (Phi) is 4.87. The lowest BCUT2D eigenvalue weighted by molar-refractivity contribution is -0.232. The van der Waals surface area contributed by atoms with Crippen molar-refractivity contribution in [3.05, 3.63) is 35.4 Å². The van der Waals surface area contributed by atoms with E-state index in [0.29, 0.717) is 24.3 Å². The van der Waals surface area contributed by atoms with Crippen LogP contribution in [0, 0.1) is 5.92 Å². The van der Waals surface area contributed by atoms with Gasteiger partial charge in [-0.3, -0.25) is 4.79 Å². The topological polar surface area (TPSA) is 61.8 Å². The summed E-state index contributed by atoms with van der Waals surface area (Å²) in [6.07, 6.45) is 0.0874. The summed E-state index contributed by atoms with van der Waals surface area (Å²) in [4.78, 5) is 22.4. The summed E-state index contributed by atoms with van der Waals surface area (Å²) in [6, 6.07) is 6.28. The van der Waals surface area contributed by atoms with Gasteiger partial charge in [0.15, 0.2) is 6.29 Å². The number of carbonyl (C=O) groups is 2. The number of esters is 1. The molecule has 5 heteroatoms. The molecule has 0 bridgehead atoms. The largest absolute Gasteiger partial charge is 0.454 e. The average Bonchev–Trinajstić information content (AvgIpc) is 2.48. The van der Waals surface area contributed by atoms with Gasteiger partial charge in [-0.15, -0.1) is 0 Å². The first-order valence-corrected chi connectivity index (χ1v) is 6.59. The fourth-order valence-corrected chi connectivity index (χ4v) is 1.87. The molecule has 0 saturated carbocycles. The zero-order valence-electron chi connectivity index (χ0n) is 11.6. The number of aldehydes is 1. The molecule has 5 nitrogen and oxygen atoms in total. The highest BCUT2D eigenvalue weighted by atomic mass is 16.7. The van der Waals surface area contributed by atoms with Crippen molar-refractivity contribution in [2.75, 3.05) is 13.2 Å². The van der Waals surface area contributed by atoms with Crippen LogP contribution >= 0.6 is 0 Å². The number of benzene rings is 1. The standard InChI is InChI=1S/C15H18O5/c1-10(2)15-18-8-13(9-19-15)20-14(17)12-5-3-11(7-16)4-6-12/h3-7,10,13,15H,8-9H2,1-2H3. The summed E-state index contributed by atoms with van der Waals surface area (Å²) in [5.74, 6) is -0.176. The molecule has 1 heterocycles. The van der Waals surface area contributed by atoms with E-state index in [1.54, 1.807) is 24.3 Å². The molecule has 108 valence electrons. The van der Waals surface area contributed by atoms with Gasteiger partial charge in [-0.05, 0) is 12.1 Å². The van der Waals surface area contributed by atoms with Gasteiger partial charge < -0.3 is 14.2 Å². The van der Waals surface area contributed by atoms with Crippen LogP contribution in [0.5, 0.6) is 0 Å². The third-order valence-corrected chi connectivity index (χ3v) is 2.99. The van der Waals surface area contributed by atoms with Crippen LogP contribution in [-0.2, 0) is 14.2 Å². The van der Waals surface area contributed by atoms with E-state index in [2.05, 4.69) is 0 Å². The van der Waals surface area contributed by atoms with E-state index in [-0.39, 0.29) is 12.2 Å². The minimum absolute atomic E-state index is 0.239. The summed E-state index contributed by atoms with van der Waals surface area (Å²) in [5.41, 5.74) is 0.923. The molecule has 0 radical (unpaired) electrons. The van der Waals surface area contributed by atoms with Gasteiger partial charge in [0.2, 0.25) is 0 Å². The second kappa shape index (κ2) is 6.63. The first-order chi connectivity index (χ1) is 9.60. The van der Waals surface area contributed by atoms with Gasteiger partial charge in [-0.1, -0.05) is 26.0 Å². The lowest BCUT2D eigenvalue weighted by Gasteiger charge is -2.31. The van der Waals surface area contributed by atoms with E-state index in [0.717, 1.165) is 6.29 Å². The lowest BCUT2D eigenvalue weighted by Crippen LogP contribution is -2.40. The second-order valence-electron chi connectivity index (χ2n) is 5.05. The molecule has 0 spiro atoms. The lowest BCUT2D eigenvalue weighted by atomic mass is 10.1. The third kappa shape index (κ3) is 3.65. The predicted octanol–water partition coefficient (Wildman–Crippen LogP) is 2.05. The monoisotopic (exact) mass is 278 g/mol. The molecule has 0 unspecified atom stereocenters. The van der Waals surface area contributed by atoms with Crippen LogP contribution in [0.15, 0.2) is 24.3 Å². The van der Waals surface area contributed by atoms with Crippen molar-refractivity contribution in [2.45, 2.75) is 26.2 Å². The van der Waals surface area contributed by atoms with E-state index >= 15 is 0 Å². The SMILES string of the molecule is CC(C)C1OCC(OC(=O)c2ccc(C=O)cc2)CO1. The second-order valence-corrected chi connectivity index (χ2v) is 5.05. The van der Waals surface area contributed by atoms with E-state index < -0.39 is 12.1 Å². The smallest absolute Gasteiger partial charge is 0.338 e. The Hall–Kier alpha value is -1.72.